The maximum absolute atomic E-state index is 12.4. The summed E-state index contributed by atoms with van der Waals surface area (Å²) in [7, 11) is 0. The average molecular weight is 321 g/mol. The van der Waals surface area contributed by atoms with Crippen LogP contribution in [0.5, 0.6) is 0 Å². The highest BCUT2D eigenvalue weighted by Crippen LogP contribution is 2.22. The largest absolute Gasteiger partial charge is 0.343 e. The number of carbonyl (C=O) groups excluding carboxylic acids is 1. The molecule has 1 aromatic rings. The molecule has 1 aliphatic rings. The van der Waals surface area contributed by atoms with E-state index in [-0.39, 0.29) is 5.91 Å². The lowest BCUT2D eigenvalue weighted by molar-refractivity contribution is -0.131. The van der Waals surface area contributed by atoms with E-state index in [4.69, 9.17) is 0 Å². The Labute approximate surface area is 136 Å². The lowest BCUT2D eigenvalue weighted by Gasteiger charge is -2.20. The second kappa shape index (κ2) is 8.13. The number of aromatic nitrogens is 2. The molecule has 1 amide bonds. The van der Waals surface area contributed by atoms with Gasteiger partial charge in [0.25, 0.3) is 5.56 Å². The normalized spacial score (nSPS) is 18.7. The Morgan fingerprint density at radius 2 is 2.00 bits per heavy atom. The van der Waals surface area contributed by atoms with Crippen LogP contribution in [0.15, 0.2) is 9.59 Å². The number of rotatable bonds is 5. The second-order valence-electron chi connectivity index (χ2n) is 6.48. The zero-order valence-electron chi connectivity index (χ0n) is 14.1. The topological polar surface area (TPSA) is 86.0 Å². The van der Waals surface area contributed by atoms with Gasteiger partial charge in [-0.15, -0.1) is 0 Å². The lowest BCUT2D eigenvalue weighted by atomic mass is 9.96. The number of amides is 1. The van der Waals surface area contributed by atoms with Crippen molar-refractivity contribution in [3.05, 3.63) is 32.1 Å². The Morgan fingerprint density at radius 1 is 1.22 bits per heavy atom. The summed E-state index contributed by atoms with van der Waals surface area (Å²) in [5, 5.41) is 0. The first-order valence-electron chi connectivity index (χ1n) is 8.61. The predicted octanol–water partition coefficient (Wildman–Crippen LogP) is 1.73. The quantitative estimate of drug-likeness (QED) is 0.866. The van der Waals surface area contributed by atoms with Crippen LogP contribution in [0.1, 0.15) is 56.7 Å². The lowest BCUT2D eigenvalue weighted by Crippen LogP contribution is -2.33. The van der Waals surface area contributed by atoms with E-state index in [9.17, 15) is 14.4 Å². The molecule has 2 heterocycles. The first-order valence-corrected chi connectivity index (χ1v) is 8.61. The van der Waals surface area contributed by atoms with E-state index in [1.807, 2.05) is 4.90 Å². The van der Waals surface area contributed by atoms with Crippen LogP contribution in [0, 0.1) is 12.8 Å². The van der Waals surface area contributed by atoms with Gasteiger partial charge in [-0.1, -0.05) is 19.8 Å². The molecule has 1 atom stereocenters. The predicted molar refractivity (Wildman–Crippen MR) is 89.6 cm³/mol. The van der Waals surface area contributed by atoms with Crippen molar-refractivity contribution in [3.8, 4) is 0 Å². The minimum Gasteiger partial charge on any atom is -0.343 e. The number of H-pyrrole nitrogens is 2. The van der Waals surface area contributed by atoms with E-state index in [2.05, 4.69) is 16.9 Å². The summed E-state index contributed by atoms with van der Waals surface area (Å²) >= 11 is 0. The smallest absolute Gasteiger partial charge is 0.325 e. The van der Waals surface area contributed by atoms with E-state index in [1.54, 1.807) is 6.92 Å². The molecule has 0 aromatic carbocycles. The van der Waals surface area contributed by atoms with Crippen molar-refractivity contribution < 1.29 is 4.79 Å². The number of aromatic amines is 2. The Kier molecular flexibility index (Phi) is 6.19. The molecule has 128 valence electrons. The van der Waals surface area contributed by atoms with Crippen molar-refractivity contribution >= 4 is 5.91 Å². The van der Waals surface area contributed by atoms with Crippen LogP contribution in [-0.2, 0) is 11.2 Å². The molecule has 0 bridgehead atoms. The van der Waals surface area contributed by atoms with Crippen LogP contribution in [0.3, 0.4) is 0 Å². The van der Waals surface area contributed by atoms with E-state index >= 15 is 0 Å². The zero-order chi connectivity index (χ0) is 16.8. The Balaban J connectivity index is 1.92. The minimum absolute atomic E-state index is 0.104. The monoisotopic (exact) mass is 321 g/mol. The third-order valence-electron chi connectivity index (χ3n) is 4.74. The molecule has 2 N–H and O–H groups in total. The molecule has 1 fully saturated rings. The van der Waals surface area contributed by atoms with Gasteiger partial charge in [-0.05, 0) is 38.5 Å². The molecule has 23 heavy (non-hydrogen) atoms. The van der Waals surface area contributed by atoms with Crippen molar-refractivity contribution in [1.82, 2.24) is 14.9 Å². The molecular formula is C17H27N3O3. The molecule has 0 saturated carbocycles. The average Bonchev–Trinajstić information content (AvgIpc) is 2.72. The first kappa shape index (κ1) is 17.5. The van der Waals surface area contributed by atoms with Gasteiger partial charge in [0.15, 0.2) is 0 Å². The number of carbonyl (C=O) groups is 1. The zero-order valence-corrected chi connectivity index (χ0v) is 14.1. The Bertz CT molecular complexity index is 647. The van der Waals surface area contributed by atoms with E-state index in [0.29, 0.717) is 24.1 Å². The number of aryl methyl sites for hydroxylation is 1. The molecular weight excluding hydrogens is 294 g/mol. The molecule has 1 aromatic heterocycles. The summed E-state index contributed by atoms with van der Waals surface area (Å²) in [5.41, 5.74) is 0.150. The maximum atomic E-state index is 12.4. The number of hydrogen-bond donors (Lipinski definition) is 2. The molecule has 1 saturated heterocycles. The third-order valence-corrected chi connectivity index (χ3v) is 4.74. The van der Waals surface area contributed by atoms with Crippen LogP contribution in [0.2, 0.25) is 0 Å². The van der Waals surface area contributed by atoms with Crippen LogP contribution >= 0.6 is 0 Å². The van der Waals surface area contributed by atoms with Gasteiger partial charge in [0.2, 0.25) is 5.91 Å². The highest BCUT2D eigenvalue weighted by molar-refractivity contribution is 5.76. The van der Waals surface area contributed by atoms with E-state index < -0.39 is 11.2 Å². The van der Waals surface area contributed by atoms with Gasteiger partial charge in [-0.2, -0.15) is 0 Å². The molecule has 6 heteroatoms. The summed E-state index contributed by atoms with van der Waals surface area (Å²) in [6.45, 7) is 5.54. The van der Waals surface area contributed by atoms with Gasteiger partial charge in [-0.25, -0.2) is 4.79 Å². The van der Waals surface area contributed by atoms with Gasteiger partial charge in [0.1, 0.15) is 0 Å². The fourth-order valence-electron chi connectivity index (χ4n) is 3.43. The first-order chi connectivity index (χ1) is 11.0. The van der Waals surface area contributed by atoms with Crippen LogP contribution in [0.4, 0.5) is 0 Å². The molecule has 2 rings (SSSR count). The SMILES string of the molecule is CCC[C@@H]1CCCN(C(=O)CCc2c(C)[nH]c(=O)[nH]c2=O)CC1. The van der Waals surface area contributed by atoms with Crippen molar-refractivity contribution in [2.45, 2.75) is 58.8 Å². The highest BCUT2D eigenvalue weighted by atomic mass is 16.2. The molecule has 0 unspecified atom stereocenters. The number of likely N-dealkylation sites (tertiary alicyclic amines) is 1. The molecule has 0 radical (unpaired) electrons. The highest BCUT2D eigenvalue weighted by Gasteiger charge is 2.20. The van der Waals surface area contributed by atoms with Crippen LogP contribution in [0.25, 0.3) is 0 Å². The number of nitrogens with zero attached hydrogens (tertiary/aromatic N) is 1. The van der Waals surface area contributed by atoms with Crippen LogP contribution in [-0.4, -0.2) is 33.9 Å². The third kappa shape index (κ3) is 4.81. The van der Waals surface area contributed by atoms with Gasteiger partial charge in [0.05, 0.1) is 0 Å². The summed E-state index contributed by atoms with van der Waals surface area (Å²) in [6.07, 6.45) is 6.48. The van der Waals surface area contributed by atoms with E-state index in [1.165, 1.54) is 19.3 Å². The Morgan fingerprint density at radius 3 is 2.70 bits per heavy atom. The summed E-state index contributed by atoms with van der Waals surface area (Å²) in [5.74, 6) is 0.842. The summed E-state index contributed by atoms with van der Waals surface area (Å²) in [4.78, 5) is 42.2. The number of hydrogen-bond acceptors (Lipinski definition) is 3. The number of nitrogens with one attached hydrogen (secondary N) is 2. The van der Waals surface area contributed by atoms with Crippen molar-refractivity contribution in [2.24, 2.45) is 5.92 Å². The van der Waals surface area contributed by atoms with Gasteiger partial charge in [0, 0.05) is 30.8 Å². The Hall–Kier alpha value is -1.85. The van der Waals surface area contributed by atoms with Gasteiger partial charge >= 0.3 is 5.69 Å². The van der Waals surface area contributed by atoms with Crippen LogP contribution < -0.4 is 11.2 Å². The summed E-state index contributed by atoms with van der Waals surface area (Å²) in [6, 6.07) is 0. The van der Waals surface area contributed by atoms with Crippen molar-refractivity contribution in [2.75, 3.05) is 13.1 Å². The van der Waals surface area contributed by atoms with Crippen molar-refractivity contribution in [3.63, 3.8) is 0 Å². The fourth-order valence-corrected chi connectivity index (χ4v) is 3.43. The van der Waals surface area contributed by atoms with Gasteiger partial charge in [-0.3, -0.25) is 14.6 Å². The van der Waals surface area contributed by atoms with Crippen molar-refractivity contribution in [1.29, 1.82) is 0 Å². The minimum atomic E-state index is -0.503. The summed E-state index contributed by atoms with van der Waals surface area (Å²) < 4.78 is 0. The maximum Gasteiger partial charge on any atom is 0.325 e. The van der Waals surface area contributed by atoms with Gasteiger partial charge < -0.3 is 9.88 Å². The fraction of sp³-hybridized carbons (Fsp3) is 0.706. The molecule has 0 spiro atoms. The molecule has 0 aliphatic carbocycles. The second-order valence-corrected chi connectivity index (χ2v) is 6.48. The molecule has 6 nitrogen and oxygen atoms in total. The standard InChI is InChI=1S/C17H27N3O3/c1-3-5-13-6-4-10-20(11-9-13)15(21)8-7-14-12(2)18-17(23)19-16(14)22/h13H,3-11H2,1-2H3,(H2,18,19,22,23)/t13-/m1/s1. The van der Waals surface area contributed by atoms with E-state index in [0.717, 1.165) is 31.8 Å². The molecule has 1 aliphatic heterocycles.